The Morgan fingerprint density at radius 2 is 1.89 bits per heavy atom. The third kappa shape index (κ3) is 6.65. The van der Waals surface area contributed by atoms with Crippen molar-refractivity contribution in [1.82, 2.24) is 20.1 Å². The van der Waals surface area contributed by atoms with Gasteiger partial charge in [0.25, 0.3) is 0 Å². The summed E-state index contributed by atoms with van der Waals surface area (Å²) < 4.78 is 2.33. The summed E-state index contributed by atoms with van der Waals surface area (Å²) in [4.78, 5) is 6.97. The van der Waals surface area contributed by atoms with Gasteiger partial charge >= 0.3 is 0 Å². The molecule has 0 bridgehead atoms. The zero-order valence-corrected chi connectivity index (χ0v) is 19.7. The van der Waals surface area contributed by atoms with E-state index in [2.05, 4.69) is 68.5 Å². The van der Waals surface area contributed by atoms with Crippen LogP contribution in [-0.4, -0.2) is 55.2 Å². The number of piperidine rings is 1. The molecule has 0 unspecified atom stereocenters. The van der Waals surface area contributed by atoms with Crippen molar-refractivity contribution < 1.29 is 0 Å². The maximum Gasteiger partial charge on any atom is 0.190 e. The van der Waals surface area contributed by atoms with Gasteiger partial charge < -0.3 is 20.1 Å². The van der Waals surface area contributed by atoms with E-state index < -0.39 is 0 Å². The highest BCUT2D eigenvalue weighted by Gasteiger charge is 2.18. The Labute approximate surface area is 187 Å². The number of fused-ring (bicyclic) bond motifs is 1. The van der Waals surface area contributed by atoms with Crippen LogP contribution in [0.25, 0.3) is 10.9 Å². The van der Waals surface area contributed by atoms with E-state index in [1.165, 1.54) is 49.8 Å². The highest BCUT2D eigenvalue weighted by Crippen LogP contribution is 2.16. The van der Waals surface area contributed by atoms with Gasteiger partial charge in [-0.25, -0.2) is 0 Å². The fourth-order valence-corrected chi connectivity index (χ4v) is 3.98. The summed E-state index contributed by atoms with van der Waals surface area (Å²) in [6.45, 7) is 8.99. The number of halogens is 1. The molecule has 0 saturated carbocycles. The molecule has 1 aromatic heterocycles. The van der Waals surface area contributed by atoms with Crippen LogP contribution < -0.4 is 10.6 Å². The van der Waals surface area contributed by atoms with Crippen molar-refractivity contribution in [3.8, 4) is 0 Å². The van der Waals surface area contributed by atoms with Gasteiger partial charge in [0, 0.05) is 38.4 Å². The Balaban J connectivity index is 0.00000280. The van der Waals surface area contributed by atoms with Gasteiger partial charge in [-0.05, 0) is 68.8 Å². The zero-order valence-electron chi connectivity index (χ0n) is 17.4. The summed E-state index contributed by atoms with van der Waals surface area (Å²) in [6.07, 6.45) is 7.12. The molecule has 1 aliphatic heterocycles. The van der Waals surface area contributed by atoms with Crippen LogP contribution in [0.15, 0.2) is 41.5 Å². The summed E-state index contributed by atoms with van der Waals surface area (Å²) in [5.74, 6) is 1.70. The number of aromatic nitrogens is 1. The standard InChI is InChI=1S/C22H35N5.HI/c1-3-13-26-15-9-19(10-16-26)18-25-22(23-2)24-12-6-14-27-17-11-20-7-4-5-8-21(20)27;/h4-5,7-8,11,17,19H,3,6,9-10,12-16,18H2,1-2H3,(H2,23,24,25);1H. The molecule has 28 heavy (non-hydrogen) atoms. The lowest BCUT2D eigenvalue weighted by Gasteiger charge is -2.32. The molecule has 1 aromatic carbocycles. The van der Waals surface area contributed by atoms with Crippen molar-refractivity contribution in [2.24, 2.45) is 10.9 Å². The van der Waals surface area contributed by atoms with Crippen LogP contribution in [0.3, 0.4) is 0 Å². The van der Waals surface area contributed by atoms with Crippen LogP contribution >= 0.6 is 24.0 Å². The van der Waals surface area contributed by atoms with Gasteiger partial charge in [-0.3, -0.25) is 4.99 Å². The predicted octanol–water partition coefficient (Wildman–Crippen LogP) is 3.94. The van der Waals surface area contributed by atoms with Gasteiger partial charge in [0.15, 0.2) is 5.96 Å². The minimum Gasteiger partial charge on any atom is -0.356 e. The molecule has 3 rings (SSSR count). The number of hydrogen-bond donors (Lipinski definition) is 2. The minimum atomic E-state index is 0. The van der Waals surface area contributed by atoms with Crippen molar-refractivity contribution in [1.29, 1.82) is 0 Å². The Morgan fingerprint density at radius 1 is 1.11 bits per heavy atom. The molecule has 2 aromatic rings. The topological polar surface area (TPSA) is 44.6 Å². The number of hydrogen-bond acceptors (Lipinski definition) is 2. The van der Waals surface area contributed by atoms with Gasteiger partial charge in [0.05, 0.1) is 0 Å². The van der Waals surface area contributed by atoms with Crippen molar-refractivity contribution in [3.05, 3.63) is 36.5 Å². The van der Waals surface area contributed by atoms with E-state index in [4.69, 9.17) is 0 Å². The summed E-state index contributed by atoms with van der Waals surface area (Å²) in [5.41, 5.74) is 1.31. The first kappa shape index (κ1) is 23.0. The molecule has 6 heteroatoms. The van der Waals surface area contributed by atoms with E-state index in [-0.39, 0.29) is 24.0 Å². The maximum atomic E-state index is 4.38. The van der Waals surface area contributed by atoms with Crippen molar-refractivity contribution in [2.45, 2.75) is 39.2 Å². The van der Waals surface area contributed by atoms with Gasteiger partial charge in [-0.2, -0.15) is 0 Å². The Bertz CT molecular complexity index is 719. The van der Waals surface area contributed by atoms with E-state index in [1.54, 1.807) is 0 Å². The minimum absolute atomic E-state index is 0. The van der Waals surface area contributed by atoms with Crippen LogP contribution in [0.5, 0.6) is 0 Å². The fourth-order valence-electron chi connectivity index (χ4n) is 3.98. The maximum absolute atomic E-state index is 4.38. The number of guanidine groups is 1. The fraction of sp³-hybridized carbons (Fsp3) is 0.591. The highest BCUT2D eigenvalue weighted by atomic mass is 127. The second kappa shape index (κ2) is 12.3. The second-order valence-electron chi connectivity index (χ2n) is 7.59. The summed E-state index contributed by atoms with van der Waals surface area (Å²) in [7, 11) is 1.86. The Hall–Kier alpha value is -1.28. The number of rotatable bonds is 8. The van der Waals surface area contributed by atoms with E-state index in [0.29, 0.717) is 0 Å². The molecule has 0 aliphatic carbocycles. The molecule has 2 N–H and O–H groups in total. The second-order valence-corrected chi connectivity index (χ2v) is 7.59. The lowest BCUT2D eigenvalue weighted by Crippen LogP contribution is -2.43. The third-order valence-electron chi connectivity index (χ3n) is 5.58. The summed E-state index contributed by atoms with van der Waals surface area (Å²) >= 11 is 0. The van der Waals surface area contributed by atoms with Crippen LogP contribution in [0.1, 0.15) is 32.6 Å². The van der Waals surface area contributed by atoms with Crippen LogP contribution in [-0.2, 0) is 6.54 Å². The number of likely N-dealkylation sites (tertiary alicyclic amines) is 1. The van der Waals surface area contributed by atoms with E-state index in [1.807, 2.05) is 7.05 Å². The van der Waals surface area contributed by atoms with Gasteiger partial charge in [-0.15, -0.1) is 24.0 Å². The molecule has 1 saturated heterocycles. The van der Waals surface area contributed by atoms with Gasteiger partial charge in [0.2, 0.25) is 0 Å². The molecular formula is C22H36IN5. The number of aliphatic imine (C=N–C) groups is 1. The third-order valence-corrected chi connectivity index (χ3v) is 5.58. The van der Waals surface area contributed by atoms with E-state index >= 15 is 0 Å². The smallest absolute Gasteiger partial charge is 0.190 e. The van der Waals surface area contributed by atoms with E-state index in [9.17, 15) is 0 Å². The average molecular weight is 497 g/mol. The lowest BCUT2D eigenvalue weighted by molar-refractivity contribution is 0.185. The normalized spacial score (nSPS) is 16.1. The first-order valence-corrected chi connectivity index (χ1v) is 10.5. The zero-order chi connectivity index (χ0) is 18.9. The van der Waals surface area contributed by atoms with Crippen LogP contribution in [0.2, 0.25) is 0 Å². The predicted molar refractivity (Wildman–Crippen MR) is 131 cm³/mol. The van der Waals surface area contributed by atoms with Crippen LogP contribution in [0, 0.1) is 5.92 Å². The van der Waals surface area contributed by atoms with Gasteiger partial charge in [-0.1, -0.05) is 25.1 Å². The summed E-state index contributed by atoms with van der Waals surface area (Å²) in [6, 6.07) is 10.7. The average Bonchev–Trinajstić information content (AvgIpc) is 3.12. The van der Waals surface area contributed by atoms with Crippen molar-refractivity contribution in [2.75, 3.05) is 39.8 Å². The molecule has 2 heterocycles. The van der Waals surface area contributed by atoms with Crippen LogP contribution in [0.4, 0.5) is 0 Å². The molecule has 1 aliphatic rings. The molecule has 5 nitrogen and oxygen atoms in total. The lowest BCUT2D eigenvalue weighted by atomic mass is 9.97. The number of para-hydroxylation sites is 1. The molecule has 156 valence electrons. The Morgan fingerprint density at radius 3 is 2.64 bits per heavy atom. The van der Waals surface area contributed by atoms with E-state index in [0.717, 1.165) is 37.9 Å². The van der Waals surface area contributed by atoms with Crippen molar-refractivity contribution in [3.63, 3.8) is 0 Å². The number of aryl methyl sites for hydroxylation is 1. The number of benzene rings is 1. The first-order valence-electron chi connectivity index (χ1n) is 10.5. The van der Waals surface area contributed by atoms with Crippen molar-refractivity contribution >= 4 is 40.8 Å². The number of nitrogens with one attached hydrogen (secondary N) is 2. The first-order chi connectivity index (χ1) is 13.3. The monoisotopic (exact) mass is 497 g/mol. The summed E-state index contributed by atoms with van der Waals surface area (Å²) in [5, 5.41) is 8.30. The quantitative estimate of drug-likeness (QED) is 0.252. The molecule has 0 amide bonds. The van der Waals surface area contributed by atoms with Gasteiger partial charge in [0.1, 0.15) is 0 Å². The molecule has 1 fully saturated rings. The molecule has 0 radical (unpaired) electrons. The molecular weight excluding hydrogens is 461 g/mol. The largest absolute Gasteiger partial charge is 0.356 e. The molecule has 0 spiro atoms. The SMILES string of the molecule is CCCN1CCC(CNC(=NC)NCCCn2ccc3ccccc32)CC1.I. The highest BCUT2D eigenvalue weighted by molar-refractivity contribution is 14.0. The number of nitrogens with zero attached hydrogens (tertiary/aromatic N) is 3. The molecule has 0 atom stereocenters. The Kier molecular flexibility index (Phi) is 10.1.